The average molecular weight is 332 g/mol. The summed E-state index contributed by atoms with van der Waals surface area (Å²) in [6, 6.07) is 7.34. The van der Waals surface area contributed by atoms with E-state index in [1.807, 2.05) is 26.0 Å². The van der Waals surface area contributed by atoms with Gasteiger partial charge >= 0.3 is 5.97 Å². The van der Waals surface area contributed by atoms with Crippen LogP contribution in [0.4, 0.5) is 0 Å². The number of hydrogen-bond donors (Lipinski definition) is 1. The highest BCUT2D eigenvalue weighted by Crippen LogP contribution is 2.40. The standard InChI is InChI=1S/C21H32O3/c1-5-16(17-9-11-18(22)12-10-17)15-20(3,4)19(23)24-21(6-2)13-7-8-14-21/h9-12,16,22H,5-8,13-15H2,1-4H3. The molecule has 1 atom stereocenters. The molecule has 3 heteroatoms. The summed E-state index contributed by atoms with van der Waals surface area (Å²) in [6.07, 6.45) is 6.94. The molecule has 1 saturated carbocycles. The van der Waals surface area contributed by atoms with E-state index in [0.29, 0.717) is 0 Å². The van der Waals surface area contributed by atoms with Gasteiger partial charge in [-0.05, 0) is 82.4 Å². The maximum atomic E-state index is 12.9. The fraction of sp³-hybridized carbons (Fsp3) is 0.667. The number of carbonyl (C=O) groups excluding carboxylic acids is 1. The molecule has 0 aliphatic heterocycles. The van der Waals surface area contributed by atoms with Crippen molar-refractivity contribution in [3.63, 3.8) is 0 Å². The van der Waals surface area contributed by atoms with Crippen LogP contribution in [0.1, 0.15) is 84.1 Å². The van der Waals surface area contributed by atoms with Crippen molar-refractivity contribution < 1.29 is 14.6 Å². The van der Waals surface area contributed by atoms with Gasteiger partial charge in [-0.2, -0.15) is 0 Å². The second-order valence-corrected chi connectivity index (χ2v) is 7.92. The van der Waals surface area contributed by atoms with E-state index in [-0.39, 0.29) is 23.2 Å². The smallest absolute Gasteiger partial charge is 0.312 e. The average Bonchev–Trinajstić information content (AvgIpc) is 3.02. The molecular weight excluding hydrogens is 300 g/mol. The molecule has 1 N–H and O–H groups in total. The molecule has 0 spiro atoms. The van der Waals surface area contributed by atoms with E-state index in [9.17, 15) is 9.90 Å². The lowest BCUT2D eigenvalue weighted by atomic mass is 9.78. The van der Waals surface area contributed by atoms with Crippen molar-refractivity contribution in [2.45, 2.75) is 84.2 Å². The van der Waals surface area contributed by atoms with Gasteiger partial charge in [-0.15, -0.1) is 0 Å². The van der Waals surface area contributed by atoms with Crippen LogP contribution < -0.4 is 0 Å². The Morgan fingerprint density at radius 3 is 2.29 bits per heavy atom. The molecule has 0 aromatic heterocycles. The molecule has 0 saturated heterocycles. The number of phenols is 1. The molecule has 1 aliphatic carbocycles. The van der Waals surface area contributed by atoms with E-state index in [1.54, 1.807) is 12.1 Å². The van der Waals surface area contributed by atoms with Crippen molar-refractivity contribution in [1.82, 2.24) is 0 Å². The molecule has 24 heavy (non-hydrogen) atoms. The van der Waals surface area contributed by atoms with Gasteiger partial charge < -0.3 is 9.84 Å². The molecule has 3 nitrogen and oxygen atoms in total. The molecule has 0 heterocycles. The number of esters is 1. The minimum Gasteiger partial charge on any atom is -0.508 e. The predicted molar refractivity (Wildman–Crippen MR) is 97.1 cm³/mol. The predicted octanol–water partition coefficient (Wildman–Crippen LogP) is 5.57. The fourth-order valence-corrected chi connectivity index (χ4v) is 3.83. The Labute approximate surface area is 146 Å². The highest BCUT2D eigenvalue weighted by molar-refractivity contribution is 5.76. The van der Waals surface area contributed by atoms with Crippen LogP contribution in [0.3, 0.4) is 0 Å². The molecule has 2 rings (SSSR count). The second-order valence-electron chi connectivity index (χ2n) is 7.92. The molecule has 0 bridgehead atoms. The zero-order valence-electron chi connectivity index (χ0n) is 15.6. The summed E-state index contributed by atoms with van der Waals surface area (Å²) in [5.74, 6) is 0.496. The summed E-state index contributed by atoms with van der Waals surface area (Å²) in [6.45, 7) is 8.26. The Morgan fingerprint density at radius 2 is 1.79 bits per heavy atom. The van der Waals surface area contributed by atoms with Crippen molar-refractivity contribution in [2.24, 2.45) is 5.41 Å². The molecule has 0 radical (unpaired) electrons. The van der Waals surface area contributed by atoms with Crippen molar-refractivity contribution in [2.75, 3.05) is 0 Å². The summed E-state index contributed by atoms with van der Waals surface area (Å²) < 4.78 is 6.03. The van der Waals surface area contributed by atoms with Crippen LogP contribution in [0.25, 0.3) is 0 Å². The molecule has 1 unspecified atom stereocenters. The Bertz CT molecular complexity index is 539. The largest absolute Gasteiger partial charge is 0.508 e. The summed E-state index contributed by atoms with van der Waals surface area (Å²) in [7, 11) is 0. The van der Waals surface area contributed by atoms with Crippen LogP contribution in [-0.2, 0) is 9.53 Å². The Kier molecular flexibility index (Phi) is 5.95. The molecular formula is C21H32O3. The molecule has 1 aliphatic rings. The van der Waals surface area contributed by atoms with E-state index in [1.165, 1.54) is 5.56 Å². The van der Waals surface area contributed by atoms with Crippen LogP contribution >= 0.6 is 0 Å². The fourth-order valence-electron chi connectivity index (χ4n) is 3.83. The number of ether oxygens (including phenoxy) is 1. The highest BCUT2D eigenvalue weighted by Gasteiger charge is 2.41. The third-order valence-electron chi connectivity index (χ3n) is 5.63. The maximum absolute atomic E-state index is 12.9. The van der Waals surface area contributed by atoms with Crippen LogP contribution in [0.2, 0.25) is 0 Å². The van der Waals surface area contributed by atoms with Gasteiger partial charge in [0.2, 0.25) is 0 Å². The van der Waals surface area contributed by atoms with E-state index < -0.39 is 5.41 Å². The first-order chi connectivity index (χ1) is 11.3. The van der Waals surface area contributed by atoms with Gasteiger partial charge in [0.1, 0.15) is 11.4 Å². The number of hydrogen-bond acceptors (Lipinski definition) is 3. The number of aromatic hydroxyl groups is 1. The molecule has 0 amide bonds. The lowest BCUT2D eigenvalue weighted by Gasteiger charge is -2.34. The highest BCUT2D eigenvalue weighted by atomic mass is 16.6. The number of benzene rings is 1. The Morgan fingerprint density at radius 1 is 1.21 bits per heavy atom. The summed E-state index contributed by atoms with van der Waals surface area (Å²) >= 11 is 0. The van der Waals surface area contributed by atoms with Gasteiger partial charge in [0, 0.05) is 0 Å². The monoisotopic (exact) mass is 332 g/mol. The lowest BCUT2D eigenvalue weighted by Crippen LogP contribution is -2.38. The van der Waals surface area contributed by atoms with Crippen LogP contribution in [0.5, 0.6) is 5.75 Å². The summed E-state index contributed by atoms with van der Waals surface area (Å²) in [5.41, 5.74) is 0.431. The van der Waals surface area contributed by atoms with E-state index in [2.05, 4.69) is 13.8 Å². The van der Waals surface area contributed by atoms with Crippen molar-refractivity contribution in [3.8, 4) is 5.75 Å². The van der Waals surface area contributed by atoms with Gasteiger partial charge in [0.25, 0.3) is 0 Å². The first kappa shape index (κ1) is 18.8. The summed E-state index contributed by atoms with van der Waals surface area (Å²) in [4.78, 5) is 12.9. The third-order valence-corrected chi connectivity index (χ3v) is 5.63. The third kappa shape index (κ3) is 4.31. The quantitative estimate of drug-likeness (QED) is 0.664. The lowest BCUT2D eigenvalue weighted by molar-refractivity contribution is -0.171. The number of carbonyl (C=O) groups is 1. The molecule has 1 fully saturated rings. The second kappa shape index (κ2) is 7.58. The topological polar surface area (TPSA) is 46.5 Å². The first-order valence-corrected chi connectivity index (χ1v) is 9.34. The molecule has 1 aromatic carbocycles. The van der Waals surface area contributed by atoms with Crippen molar-refractivity contribution >= 4 is 5.97 Å². The number of phenolic OH excluding ortho intramolecular Hbond substituents is 1. The van der Waals surface area contributed by atoms with Gasteiger partial charge in [-0.3, -0.25) is 4.79 Å². The maximum Gasteiger partial charge on any atom is 0.312 e. The Balaban J connectivity index is 2.07. The number of rotatable bonds is 7. The van der Waals surface area contributed by atoms with Crippen molar-refractivity contribution in [3.05, 3.63) is 29.8 Å². The zero-order chi connectivity index (χ0) is 17.8. The SMILES string of the molecule is CCC(CC(C)(C)C(=O)OC1(CC)CCCC1)c1ccc(O)cc1. The minimum absolute atomic E-state index is 0.0662. The van der Waals surface area contributed by atoms with E-state index >= 15 is 0 Å². The van der Waals surface area contributed by atoms with Gasteiger partial charge in [-0.25, -0.2) is 0 Å². The van der Waals surface area contributed by atoms with Gasteiger partial charge in [0.05, 0.1) is 5.41 Å². The normalized spacial score (nSPS) is 18.3. The van der Waals surface area contributed by atoms with Crippen LogP contribution in [0.15, 0.2) is 24.3 Å². The van der Waals surface area contributed by atoms with Crippen LogP contribution in [-0.4, -0.2) is 16.7 Å². The van der Waals surface area contributed by atoms with Crippen molar-refractivity contribution in [1.29, 1.82) is 0 Å². The minimum atomic E-state index is -0.511. The van der Waals surface area contributed by atoms with Gasteiger partial charge in [-0.1, -0.05) is 26.0 Å². The van der Waals surface area contributed by atoms with Crippen LogP contribution in [0, 0.1) is 5.41 Å². The zero-order valence-corrected chi connectivity index (χ0v) is 15.6. The molecule has 134 valence electrons. The van der Waals surface area contributed by atoms with Gasteiger partial charge in [0.15, 0.2) is 0 Å². The van der Waals surface area contributed by atoms with E-state index in [4.69, 9.17) is 4.74 Å². The first-order valence-electron chi connectivity index (χ1n) is 9.34. The Hall–Kier alpha value is -1.51. The molecule has 1 aromatic rings. The van der Waals surface area contributed by atoms with E-state index in [0.717, 1.165) is 44.9 Å². The summed E-state index contributed by atoms with van der Waals surface area (Å²) in [5, 5.41) is 9.47.